The Morgan fingerprint density at radius 1 is 1.33 bits per heavy atom. The molecule has 3 N–H and O–H groups in total. The van der Waals surface area contributed by atoms with Gasteiger partial charge in [0.2, 0.25) is 5.91 Å². The molecule has 0 saturated heterocycles. The minimum absolute atomic E-state index is 0.105. The Morgan fingerprint density at radius 2 is 2.05 bits per heavy atom. The molecule has 0 aliphatic carbocycles. The van der Waals surface area contributed by atoms with Gasteiger partial charge in [-0.25, -0.2) is 4.98 Å². The standard InChI is InChI=1S/C14H15ClN4O2/c1-9(13-16-6-7-17-13)19-12(20)8-18-14(21)10-2-4-11(15)5-3-10/h2-7,9H,8H2,1H3,(H,16,17)(H,18,21)(H,19,20). The highest BCUT2D eigenvalue weighted by atomic mass is 35.5. The van der Waals surface area contributed by atoms with Crippen LogP contribution in [0.2, 0.25) is 5.02 Å². The van der Waals surface area contributed by atoms with Crippen LogP contribution in [0.25, 0.3) is 0 Å². The van der Waals surface area contributed by atoms with Crippen LogP contribution in [-0.2, 0) is 4.79 Å². The summed E-state index contributed by atoms with van der Waals surface area (Å²) in [6.07, 6.45) is 3.29. The largest absolute Gasteiger partial charge is 0.347 e. The van der Waals surface area contributed by atoms with Gasteiger partial charge in [0.25, 0.3) is 5.91 Å². The van der Waals surface area contributed by atoms with Crippen molar-refractivity contribution in [3.8, 4) is 0 Å². The molecule has 1 aromatic heterocycles. The Balaban J connectivity index is 1.81. The first-order valence-electron chi connectivity index (χ1n) is 6.38. The molecular formula is C14H15ClN4O2. The van der Waals surface area contributed by atoms with E-state index in [1.54, 1.807) is 43.6 Å². The van der Waals surface area contributed by atoms with Crippen LogP contribution in [0.5, 0.6) is 0 Å². The SMILES string of the molecule is CC(NC(=O)CNC(=O)c1ccc(Cl)cc1)c1ncc[nH]1. The molecule has 1 heterocycles. The summed E-state index contributed by atoms with van der Waals surface area (Å²) in [6, 6.07) is 6.19. The van der Waals surface area contributed by atoms with Crippen molar-refractivity contribution in [3.63, 3.8) is 0 Å². The number of rotatable bonds is 5. The van der Waals surface area contributed by atoms with Gasteiger partial charge in [0.1, 0.15) is 5.82 Å². The molecule has 6 nitrogen and oxygen atoms in total. The Bertz CT molecular complexity index is 610. The maximum atomic E-state index is 11.8. The van der Waals surface area contributed by atoms with Crippen LogP contribution in [0.3, 0.4) is 0 Å². The fourth-order valence-corrected chi connectivity index (χ4v) is 1.87. The predicted molar refractivity (Wildman–Crippen MR) is 78.9 cm³/mol. The van der Waals surface area contributed by atoms with Crippen LogP contribution in [0.15, 0.2) is 36.7 Å². The third-order valence-electron chi connectivity index (χ3n) is 2.82. The van der Waals surface area contributed by atoms with E-state index in [9.17, 15) is 9.59 Å². The quantitative estimate of drug-likeness (QED) is 0.785. The number of H-pyrrole nitrogens is 1. The zero-order valence-corrected chi connectivity index (χ0v) is 12.1. The van der Waals surface area contributed by atoms with Gasteiger partial charge in [-0.3, -0.25) is 9.59 Å². The smallest absolute Gasteiger partial charge is 0.251 e. The summed E-state index contributed by atoms with van der Waals surface area (Å²) < 4.78 is 0. The maximum Gasteiger partial charge on any atom is 0.251 e. The Labute approximate surface area is 126 Å². The average Bonchev–Trinajstić information content (AvgIpc) is 3.00. The Kier molecular flexibility index (Phi) is 4.94. The summed E-state index contributed by atoms with van der Waals surface area (Å²) in [5.74, 6) is 0.0426. The number of halogens is 1. The van der Waals surface area contributed by atoms with Crippen LogP contribution in [0.4, 0.5) is 0 Å². The van der Waals surface area contributed by atoms with Crippen LogP contribution in [-0.4, -0.2) is 28.3 Å². The van der Waals surface area contributed by atoms with E-state index in [-0.39, 0.29) is 24.4 Å². The highest BCUT2D eigenvalue weighted by Crippen LogP contribution is 2.09. The summed E-state index contributed by atoms with van der Waals surface area (Å²) in [4.78, 5) is 30.5. The first-order valence-corrected chi connectivity index (χ1v) is 6.76. The average molecular weight is 307 g/mol. The van der Waals surface area contributed by atoms with Crippen LogP contribution >= 0.6 is 11.6 Å². The molecule has 0 spiro atoms. The van der Waals surface area contributed by atoms with E-state index >= 15 is 0 Å². The van der Waals surface area contributed by atoms with Crippen molar-refractivity contribution >= 4 is 23.4 Å². The fraction of sp³-hybridized carbons (Fsp3) is 0.214. The minimum atomic E-state index is -0.326. The van der Waals surface area contributed by atoms with Crippen molar-refractivity contribution in [2.24, 2.45) is 0 Å². The van der Waals surface area contributed by atoms with Gasteiger partial charge in [-0.1, -0.05) is 11.6 Å². The number of hydrogen-bond acceptors (Lipinski definition) is 3. The molecule has 0 fully saturated rings. The second-order valence-corrected chi connectivity index (χ2v) is 4.89. The number of carbonyl (C=O) groups excluding carboxylic acids is 2. The molecule has 2 aromatic rings. The molecule has 0 radical (unpaired) electrons. The number of carbonyl (C=O) groups is 2. The van der Waals surface area contributed by atoms with Gasteiger partial charge in [0.15, 0.2) is 0 Å². The van der Waals surface area contributed by atoms with Crippen molar-refractivity contribution in [2.45, 2.75) is 13.0 Å². The number of hydrogen-bond donors (Lipinski definition) is 3. The molecular weight excluding hydrogens is 292 g/mol. The second kappa shape index (κ2) is 6.90. The van der Waals surface area contributed by atoms with E-state index in [0.717, 1.165) is 0 Å². The molecule has 2 rings (SSSR count). The van der Waals surface area contributed by atoms with Crippen LogP contribution in [0.1, 0.15) is 29.1 Å². The van der Waals surface area contributed by atoms with Crippen molar-refractivity contribution in [3.05, 3.63) is 53.1 Å². The van der Waals surface area contributed by atoms with E-state index in [4.69, 9.17) is 11.6 Å². The molecule has 1 atom stereocenters. The number of amides is 2. The van der Waals surface area contributed by atoms with Crippen LogP contribution < -0.4 is 10.6 Å². The summed E-state index contributed by atoms with van der Waals surface area (Å²) in [5.41, 5.74) is 0.450. The molecule has 0 aliphatic heterocycles. The summed E-state index contributed by atoms with van der Waals surface area (Å²) in [7, 11) is 0. The molecule has 7 heteroatoms. The number of nitrogens with one attached hydrogen (secondary N) is 3. The molecule has 21 heavy (non-hydrogen) atoms. The number of nitrogens with zero attached hydrogens (tertiary/aromatic N) is 1. The van der Waals surface area contributed by atoms with Crippen molar-refractivity contribution in [1.82, 2.24) is 20.6 Å². The van der Waals surface area contributed by atoms with Gasteiger partial charge in [0, 0.05) is 23.0 Å². The molecule has 1 aromatic carbocycles. The number of aromatic nitrogens is 2. The van der Waals surface area contributed by atoms with E-state index in [2.05, 4.69) is 20.6 Å². The van der Waals surface area contributed by atoms with Gasteiger partial charge in [0.05, 0.1) is 12.6 Å². The molecule has 110 valence electrons. The van der Waals surface area contributed by atoms with Gasteiger partial charge in [-0.15, -0.1) is 0 Å². The molecule has 2 amide bonds. The monoisotopic (exact) mass is 306 g/mol. The van der Waals surface area contributed by atoms with E-state index in [1.807, 2.05) is 0 Å². The molecule has 1 unspecified atom stereocenters. The van der Waals surface area contributed by atoms with Gasteiger partial charge < -0.3 is 15.6 Å². The minimum Gasteiger partial charge on any atom is -0.347 e. The fourth-order valence-electron chi connectivity index (χ4n) is 1.74. The summed E-state index contributed by atoms with van der Waals surface area (Å²) >= 11 is 5.75. The normalized spacial score (nSPS) is 11.7. The third-order valence-corrected chi connectivity index (χ3v) is 3.07. The van der Waals surface area contributed by atoms with Crippen LogP contribution in [0, 0.1) is 0 Å². The first-order chi connectivity index (χ1) is 10.1. The predicted octanol–water partition coefficient (Wildman–Crippen LogP) is 1.67. The Morgan fingerprint density at radius 3 is 2.67 bits per heavy atom. The Hall–Kier alpha value is -2.34. The highest BCUT2D eigenvalue weighted by molar-refractivity contribution is 6.30. The lowest BCUT2D eigenvalue weighted by Crippen LogP contribution is -2.38. The lowest BCUT2D eigenvalue weighted by molar-refractivity contribution is -0.120. The van der Waals surface area contributed by atoms with Gasteiger partial charge in [-0.05, 0) is 31.2 Å². The van der Waals surface area contributed by atoms with E-state index in [1.165, 1.54) is 0 Å². The van der Waals surface area contributed by atoms with Crippen molar-refractivity contribution in [2.75, 3.05) is 6.54 Å². The van der Waals surface area contributed by atoms with Crippen molar-refractivity contribution in [1.29, 1.82) is 0 Å². The summed E-state index contributed by atoms with van der Waals surface area (Å²) in [6.45, 7) is 1.70. The van der Waals surface area contributed by atoms with Gasteiger partial charge >= 0.3 is 0 Å². The molecule has 0 aliphatic rings. The highest BCUT2D eigenvalue weighted by Gasteiger charge is 2.12. The van der Waals surface area contributed by atoms with Gasteiger partial charge in [-0.2, -0.15) is 0 Å². The number of aromatic amines is 1. The lowest BCUT2D eigenvalue weighted by Gasteiger charge is -2.12. The molecule has 0 bridgehead atoms. The number of imidazole rings is 1. The number of benzene rings is 1. The topological polar surface area (TPSA) is 86.9 Å². The second-order valence-electron chi connectivity index (χ2n) is 4.45. The zero-order chi connectivity index (χ0) is 15.2. The molecule has 0 saturated carbocycles. The van der Waals surface area contributed by atoms with E-state index < -0.39 is 0 Å². The first kappa shape index (κ1) is 15.1. The lowest BCUT2D eigenvalue weighted by atomic mass is 10.2. The van der Waals surface area contributed by atoms with Crippen molar-refractivity contribution < 1.29 is 9.59 Å². The summed E-state index contributed by atoms with van der Waals surface area (Å²) in [5, 5.41) is 5.83. The third kappa shape index (κ3) is 4.32. The zero-order valence-electron chi connectivity index (χ0n) is 11.4. The van der Waals surface area contributed by atoms with E-state index in [0.29, 0.717) is 16.4 Å². The maximum absolute atomic E-state index is 11.8.